The van der Waals surface area contributed by atoms with E-state index in [1.54, 1.807) is 65.8 Å². The van der Waals surface area contributed by atoms with Crippen molar-refractivity contribution < 1.29 is 23.9 Å². The molecular weight excluding hydrogens is 474 g/mol. The summed E-state index contributed by atoms with van der Waals surface area (Å²) in [5.41, 5.74) is -0.559. The third kappa shape index (κ3) is 7.44. The number of rotatable bonds is 4. The molecule has 2 N–H and O–H groups in total. The molecule has 2 heterocycles. The van der Waals surface area contributed by atoms with Gasteiger partial charge in [-0.1, -0.05) is 32.9 Å². The van der Waals surface area contributed by atoms with Crippen LogP contribution in [0.15, 0.2) is 24.3 Å². The molecule has 0 saturated carbocycles. The van der Waals surface area contributed by atoms with Gasteiger partial charge in [-0.2, -0.15) is 0 Å². The minimum atomic E-state index is -1.11. The maximum Gasteiger partial charge on any atom is 0.408 e. The number of nitrogens with one attached hydrogen (secondary N) is 2. The van der Waals surface area contributed by atoms with Crippen LogP contribution in [0.25, 0.3) is 0 Å². The van der Waals surface area contributed by atoms with E-state index in [9.17, 15) is 19.2 Å². The highest BCUT2D eigenvalue weighted by molar-refractivity contribution is 6.10. The van der Waals surface area contributed by atoms with Crippen molar-refractivity contribution in [2.24, 2.45) is 5.41 Å². The van der Waals surface area contributed by atoms with E-state index in [4.69, 9.17) is 4.74 Å². The molecule has 4 amide bonds. The number of carbonyl (C=O) groups is 4. The molecule has 10 heteroatoms. The molecule has 0 aromatic heterocycles. The zero-order chi connectivity index (χ0) is 27.5. The zero-order valence-electron chi connectivity index (χ0n) is 23.1. The second-order valence-corrected chi connectivity index (χ2v) is 11.9. The number of hydrogen-bond donors (Lipinski definition) is 2. The first-order chi connectivity index (χ1) is 17.2. The zero-order valence-corrected chi connectivity index (χ0v) is 23.1. The van der Waals surface area contributed by atoms with Crippen LogP contribution < -0.4 is 20.4 Å². The molecule has 1 aromatic rings. The van der Waals surface area contributed by atoms with E-state index >= 15 is 0 Å². The number of benzene rings is 1. The van der Waals surface area contributed by atoms with Crippen molar-refractivity contribution in [3.63, 3.8) is 0 Å². The lowest BCUT2D eigenvalue weighted by Crippen LogP contribution is -2.56. The summed E-state index contributed by atoms with van der Waals surface area (Å²) in [6.07, 6.45) is 0.906. The van der Waals surface area contributed by atoms with Gasteiger partial charge in [0.2, 0.25) is 11.8 Å². The molecule has 1 saturated heterocycles. The summed E-state index contributed by atoms with van der Waals surface area (Å²) < 4.78 is 5.39. The lowest BCUT2D eigenvalue weighted by atomic mass is 9.94. The van der Waals surface area contributed by atoms with Crippen LogP contribution in [0.4, 0.5) is 16.2 Å². The SMILES string of the molecule is CN1CCC(NC(=O)CN2C(=O)C(NC(=O)OC(C)(C)C)CN(C(=O)C(C)(C)C)c3ccccc32)CC1. The maximum absolute atomic E-state index is 13.8. The average molecular weight is 516 g/mol. The molecule has 0 spiro atoms. The van der Waals surface area contributed by atoms with Crippen molar-refractivity contribution in [1.82, 2.24) is 15.5 Å². The number of hydrogen-bond acceptors (Lipinski definition) is 6. The fourth-order valence-corrected chi connectivity index (χ4v) is 4.47. The number of amides is 4. The fourth-order valence-electron chi connectivity index (χ4n) is 4.47. The van der Waals surface area contributed by atoms with Crippen molar-refractivity contribution in [3.05, 3.63) is 24.3 Å². The molecule has 2 aliphatic heterocycles. The minimum absolute atomic E-state index is 0.0377. The number of anilines is 2. The third-order valence-electron chi connectivity index (χ3n) is 6.36. The van der Waals surface area contributed by atoms with Crippen molar-refractivity contribution in [2.45, 2.75) is 72.1 Å². The first kappa shape index (κ1) is 28.4. The molecule has 3 rings (SSSR count). The van der Waals surface area contributed by atoms with Gasteiger partial charge in [0, 0.05) is 11.5 Å². The van der Waals surface area contributed by atoms with Gasteiger partial charge in [0.05, 0.1) is 17.9 Å². The van der Waals surface area contributed by atoms with Crippen LogP contribution in [0.1, 0.15) is 54.4 Å². The molecule has 0 radical (unpaired) electrons. The third-order valence-corrected chi connectivity index (χ3v) is 6.36. The molecule has 1 fully saturated rings. The fraction of sp³-hybridized carbons (Fsp3) is 0.630. The summed E-state index contributed by atoms with van der Waals surface area (Å²) in [5, 5.41) is 5.69. The molecule has 0 bridgehead atoms. The predicted octanol–water partition coefficient (Wildman–Crippen LogP) is 2.52. The van der Waals surface area contributed by atoms with Gasteiger partial charge < -0.3 is 25.2 Å². The summed E-state index contributed by atoms with van der Waals surface area (Å²) in [6.45, 7) is 12.1. The van der Waals surface area contributed by atoms with Crippen molar-refractivity contribution in [3.8, 4) is 0 Å². The van der Waals surface area contributed by atoms with Crippen molar-refractivity contribution >= 4 is 35.2 Å². The molecule has 1 aromatic carbocycles. The van der Waals surface area contributed by atoms with E-state index < -0.39 is 29.1 Å². The Morgan fingerprint density at radius 2 is 1.57 bits per heavy atom. The summed E-state index contributed by atoms with van der Waals surface area (Å²) in [4.78, 5) is 58.2. The Bertz CT molecular complexity index is 1020. The van der Waals surface area contributed by atoms with E-state index in [0.717, 1.165) is 25.9 Å². The first-order valence-electron chi connectivity index (χ1n) is 12.9. The van der Waals surface area contributed by atoms with Gasteiger partial charge in [-0.3, -0.25) is 19.3 Å². The van der Waals surface area contributed by atoms with Gasteiger partial charge in [-0.05, 0) is 65.9 Å². The molecule has 10 nitrogen and oxygen atoms in total. The van der Waals surface area contributed by atoms with Gasteiger partial charge in [0.25, 0.3) is 5.91 Å². The molecule has 1 atom stereocenters. The molecule has 0 aliphatic carbocycles. The number of para-hydroxylation sites is 2. The Morgan fingerprint density at radius 3 is 2.14 bits per heavy atom. The predicted molar refractivity (Wildman–Crippen MR) is 142 cm³/mol. The molecular formula is C27H41N5O5. The number of piperidine rings is 1. The minimum Gasteiger partial charge on any atom is -0.444 e. The van der Waals surface area contributed by atoms with Crippen LogP contribution in [0, 0.1) is 5.41 Å². The van der Waals surface area contributed by atoms with E-state index in [2.05, 4.69) is 15.5 Å². The van der Waals surface area contributed by atoms with Crippen LogP contribution in [-0.4, -0.2) is 79.6 Å². The lowest BCUT2D eigenvalue weighted by molar-refractivity contribution is -0.126. The normalized spacial score (nSPS) is 19.6. The number of fused-ring (bicyclic) bond motifs is 1. The lowest BCUT2D eigenvalue weighted by Gasteiger charge is -2.31. The van der Waals surface area contributed by atoms with E-state index in [-0.39, 0.29) is 30.9 Å². The van der Waals surface area contributed by atoms with Crippen LogP contribution in [0.5, 0.6) is 0 Å². The number of alkyl carbamates (subject to hydrolysis) is 1. The highest BCUT2D eigenvalue weighted by atomic mass is 16.6. The quantitative estimate of drug-likeness (QED) is 0.638. The van der Waals surface area contributed by atoms with Crippen LogP contribution in [0.2, 0.25) is 0 Å². The van der Waals surface area contributed by atoms with Crippen molar-refractivity contribution in [2.75, 3.05) is 43.0 Å². The summed E-state index contributed by atoms with van der Waals surface area (Å²) in [6, 6.07) is 5.94. The van der Waals surface area contributed by atoms with Gasteiger partial charge in [0.1, 0.15) is 18.2 Å². The maximum atomic E-state index is 13.8. The highest BCUT2D eigenvalue weighted by Crippen LogP contribution is 2.35. The van der Waals surface area contributed by atoms with Gasteiger partial charge in [0.15, 0.2) is 0 Å². The standard InChI is InChI=1S/C27H41N5O5/c1-26(2,3)24(35)32-16-19(29-25(36)37-27(4,5)6)23(34)31(20-10-8-9-11-21(20)32)17-22(33)28-18-12-14-30(7)15-13-18/h8-11,18-19H,12-17H2,1-7H3,(H,28,33)(H,29,36). The van der Waals surface area contributed by atoms with E-state index in [0.29, 0.717) is 11.4 Å². The van der Waals surface area contributed by atoms with Crippen LogP contribution in [0.3, 0.4) is 0 Å². The molecule has 37 heavy (non-hydrogen) atoms. The monoisotopic (exact) mass is 515 g/mol. The summed E-state index contributed by atoms with van der Waals surface area (Å²) in [5.74, 6) is -0.980. The van der Waals surface area contributed by atoms with Gasteiger partial charge >= 0.3 is 6.09 Å². The number of carbonyl (C=O) groups excluding carboxylic acids is 4. The van der Waals surface area contributed by atoms with E-state index in [1.165, 1.54) is 9.80 Å². The number of ether oxygens (including phenoxy) is 1. The Morgan fingerprint density at radius 1 is 0.973 bits per heavy atom. The second-order valence-electron chi connectivity index (χ2n) is 11.9. The van der Waals surface area contributed by atoms with Crippen LogP contribution in [-0.2, 0) is 19.1 Å². The Kier molecular flexibility index (Phi) is 8.52. The van der Waals surface area contributed by atoms with Crippen LogP contribution >= 0.6 is 0 Å². The van der Waals surface area contributed by atoms with E-state index in [1.807, 2.05) is 7.05 Å². The number of likely N-dealkylation sites (tertiary alicyclic amines) is 1. The Hall–Kier alpha value is -3.14. The highest BCUT2D eigenvalue weighted by Gasteiger charge is 2.40. The largest absolute Gasteiger partial charge is 0.444 e. The number of nitrogens with zero attached hydrogens (tertiary/aromatic N) is 3. The Balaban J connectivity index is 1.93. The first-order valence-corrected chi connectivity index (χ1v) is 12.9. The summed E-state index contributed by atoms with van der Waals surface area (Å²) >= 11 is 0. The smallest absolute Gasteiger partial charge is 0.408 e. The molecule has 1 unspecified atom stereocenters. The van der Waals surface area contributed by atoms with Crippen molar-refractivity contribution in [1.29, 1.82) is 0 Å². The van der Waals surface area contributed by atoms with Gasteiger partial charge in [-0.25, -0.2) is 4.79 Å². The second kappa shape index (κ2) is 11.1. The molecule has 204 valence electrons. The topological polar surface area (TPSA) is 111 Å². The Labute approximate surface area is 219 Å². The molecule has 2 aliphatic rings. The average Bonchev–Trinajstić information content (AvgIpc) is 2.89. The summed E-state index contributed by atoms with van der Waals surface area (Å²) in [7, 11) is 2.05. The van der Waals surface area contributed by atoms with Gasteiger partial charge in [-0.15, -0.1) is 0 Å².